The van der Waals surface area contributed by atoms with Gasteiger partial charge in [0, 0.05) is 0 Å². The van der Waals surface area contributed by atoms with Gasteiger partial charge in [0.15, 0.2) is 6.10 Å². The number of anilines is 2. The number of benzene rings is 2. The molecule has 3 aromatic rings. The van der Waals surface area contributed by atoms with E-state index in [2.05, 4.69) is 0 Å². The van der Waals surface area contributed by atoms with Crippen LogP contribution >= 0.6 is 0 Å². The molecule has 2 aliphatic rings. The van der Waals surface area contributed by atoms with Crippen LogP contribution < -0.4 is 9.96 Å². The topological polar surface area (TPSA) is 63.0 Å². The normalized spacial score (nSPS) is 24.1. The van der Waals surface area contributed by atoms with Gasteiger partial charge >= 0.3 is 0 Å². The van der Waals surface area contributed by atoms with Crippen LogP contribution in [0.15, 0.2) is 77.4 Å². The molecule has 2 amide bonds. The number of carbonyl (C=O) groups excluding carboxylic acids is 2. The number of aryl methyl sites for hydroxylation is 1. The summed E-state index contributed by atoms with van der Waals surface area (Å²) in [6.45, 7) is 1.96. The molecule has 1 aromatic heterocycles. The maximum atomic E-state index is 13.3. The fourth-order valence-electron chi connectivity index (χ4n) is 4.01. The molecule has 0 spiro atoms. The number of hydroxylamine groups is 1. The number of imide groups is 1. The predicted octanol–water partition coefficient (Wildman–Crippen LogP) is 3.64. The number of nitrogens with zero attached hydrogens (tertiary/aromatic N) is 2. The third-order valence-electron chi connectivity index (χ3n) is 5.32. The molecule has 0 radical (unpaired) electrons. The van der Waals surface area contributed by atoms with Crippen LogP contribution in [-0.4, -0.2) is 17.9 Å². The van der Waals surface area contributed by atoms with Crippen molar-refractivity contribution in [2.75, 3.05) is 9.96 Å². The lowest BCUT2D eigenvalue weighted by molar-refractivity contribution is -0.126. The monoisotopic (exact) mass is 374 g/mol. The van der Waals surface area contributed by atoms with E-state index in [4.69, 9.17) is 9.25 Å². The first-order valence-electron chi connectivity index (χ1n) is 9.15. The summed E-state index contributed by atoms with van der Waals surface area (Å²) in [6, 6.07) is 19.7. The standard InChI is InChI=1S/C22H18N2O4/c1-14-8-5-6-11-16(14)24-19(17-12-7-13-27-17)18-20(28-24)22(26)23(21(18)25)15-9-3-2-4-10-15/h2-13,18-20H,1H3/t18-,19+,20-/m0/s1. The molecule has 5 rings (SSSR count). The van der Waals surface area contributed by atoms with Gasteiger partial charge in [-0.3, -0.25) is 14.4 Å². The first-order valence-corrected chi connectivity index (χ1v) is 9.15. The van der Waals surface area contributed by atoms with Gasteiger partial charge in [-0.15, -0.1) is 0 Å². The van der Waals surface area contributed by atoms with Gasteiger partial charge in [0.05, 0.1) is 17.6 Å². The predicted molar refractivity (Wildman–Crippen MR) is 102 cm³/mol. The lowest BCUT2D eigenvalue weighted by Crippen LogP contribution is -2.37. The van der Waals surface area contributed by atoms with Gasteiger partial charge < -0.3 is 4.42 Å². The molecule has 28 heavy (non-hydrogen) atoms. The van der Waals surface area contributed by atoms with Crippen molar-refractivity contribution < 1.29 is 18.8 Å². The second-order valence-electron chi connectivity index (χ2n) is 6.97. The van der Waals surface area contributed by atoms with Gasteiger partial charge in [0.1, 0.15) is 17.7 Å². The average Bonchev–Trinajstić information content (AvgIpc) is 3.41. The van der Waals surface area contributed by atoms with E-state index in [1.807, 2.05) is 43.3 Å². The Balaban J connectivity index is 1.59. The molecule has 3 atom stereocenters. The van der Waals surface area contributed by atoms with Gasteiger partial charge in [-0.1, -0.05) is 36.4 Å². The Bertz CT molecular complexity index is 1030. The number of hydrogen-bond acceptors (Lipinski definition) is 5. The molecule has 0 aliphatic carbocycles. The van der Waals surface area contributed by atoms with Crippen LogP contribution in [0.3, 0.4) is 0 Å². The molecular formula is C22H18N2O4. The first-order chi connectivity index (χ1) is 13.7. The Kier molecular flexibility index (Phi) is 3.80. The summed E-state index contributed by atoms with van der Waals surface area (Å²) in [5, 5.41) is 1.65. The van der Waals surface area contributed by atoms with Crippen LogP contribution in [0.4, 0.5) is 11.4 Å². The lowest BCUT2D eigenvalue weighted by atomic mass is 9.94. The minimum atomic E-state index is -0.887. The number of carbonyl (C=O) groups is 2. The highest BCUT2D eigenvalue weighted by Crippen LogP contribution is 2.48. The molecule has 140 valence electrons. The van der Waals surface area contributed by atoms with E-state index in [9.17, 15) is 9.59 Å². The largest absolute Gasteiger partial charge is 0.467 e. The number of hydrogen-bond donors (Lipinski definition) is 0. The smallest absolute Gasteiger partial charge is 0.266 e. The molecule has 3 heterocycles. The number of rotatable bonds is 3. The molecule has 0 saturated carbocycles. The summed E-state index contributed by atoms with van der Waals surface area (Å²) in [5.41, 5.74) is 2.35. The van der Waals surface area contributed by atoms with Crippen LogP contribution in [0.2, 0.25) is 0 Å². The van der Waals surface area contributed by atoms with Crippen molar-refractivity contribution in [3.8, 4) is 0 Å². The molecule has 0 N–H and O–H groups in total. The van der Waals surface area contributed by atoms with E-state index < -0.39 is 18.1 Å². The molecule has 6 heteroatoms. The second kappa shape index (κ2) is 6.35. The van der Waals surface area contributed by atoms with E-state index in [-0.39, 0.29) is 11.8 Å². The first kappa shape index (κ1) is 16.8. The summed E-state index contributed by atoms with van der Waals surface area (Å²) < 4.78 is 5.64. The molecule has 2 saturated heterocycles. The molecule has 2 aliphatic heterocycles. The van der Waals surface area contributed by atoms with Crippen LogP contribution in [0.1, 0.15) is 17.4 Å². The van der Waals surface area contributed by atoms with Crippen molar-refractivity contribution in [1.82, 2.24) is 0 Å². The minimum Gasteiger partial charge on any atom is -0.467 e. The number of amides is 2. The van der Waals surface area contributed by atoms with Crippen molar-refractivity contribution in [2.24, 2.45) is 5.92 Å². The minimum absolute atomic E-state index is 0.279. The van der Waals surface area contributed by atoms with Crippen molar-refractivity contribution in [3.63, 3.8) is 0 Å². The van der Waals surface area contributed by atoms with Gasteiger partial charge in [0.25, 0.3) is 5.91 Å². The van der Waals surface area contributed by atoms with E-state index >= 15 is 0 Å². The van der Waals surface area contributed by atoms with E-state index in [1.165, 1.54) is 4.90 Å². The highest BCUT2D eigenvalue weighted by molar-refractivity contribution is 6.23. The zero-order valence-corrected chi connectivity index (χ0v) is 15.2. The van der Waals surface area contributed by atoms with Crippen LogP contribution in [-0.2, 0) is 14.4 Å². The molecule has 6 nitrogen and oxygen atoms in total. The zero-order chi connectivity index (χ0) is 19.3. The van der Waals surface area contributed by atoms with Crippen LogP contribution in [0.25, 0.3) is 0 Å². The maximum Gasteiger partial charge on any atom is 0.266 e. The summed E-state index contributed by atoms with van der Waals surface area (Å²) in [6.07, 6.45) is 0.678. The van der Waals surface area contributed by atoms with Crippen molar-refractivity contribution in [2.45, 2.75) is 19.1 Å². The Hall–Kier alpha value is -3.38. The lowest BCUT2D eigenvalue weighted by Gasteiger charge is -2.28. The summed E-state index contributed by atoms with van der Waals surface area (Å²) in [7, 11) is 0. The van der Waals surface area contributed by atoms with E-state index in [0.29, 0.717) is 11.4 Å². The van der Waals surface area contributed by atoms with Crippen molar-refractivity contribution in [3.05, 3.63) is 84.3 Å². The Labute approximate surface area is 161 Å². The van der Waals surface area contributed by atoms with E-state index in [0.717, 1.165) is 11.3 Å². The molecule has 2 fully saturated rings. The number of para-hydroxylation sites is 2. The third-order valence-corrected chi connectivity index (χ3v) is 5.32. The zero-order valence-electron chi connectivity index (χ0n) is 15.2. The summed E-state index contributed by atoms with van der Waals surface area (Å²) in [4.78, 5) is 33.7. The van der Waals surface area contributed by atoms with Gasteiger partial charge in [-0.2, -0.15) is 0 Å². The molecule has 2 aromatic carbocycles. The molecule has 0 unspecified atom stereocenters. The highest BCUT2D eigenvalue weighted by atomic mass is 16.7. The van der Waals surface area contributed by atoms with Gasteiger partial charge in [0.2, 0.25) is 5.91 Å². The fourth-order valence-corrected chi connectivity index (χ4v) is 4.01. The fraction of sp³-hybridized carbons (Fsp3) is 0.182. The number of fused-ring (bicyclic) bond motifs is 1. The number of furan rings is 1. The van der Waals surface area contributed by atoms with E-state index in [1.54, 1.807) is 41.7 Å². The Morgan fingerprint density at radius 2 is 1.61 bits per heavy atom. The average molecular weight is 374 g/mol. The van der Waals surface area contributed by atoms with Crippen molar-refractivity contribution >= 4 is 23.2 Å². The summed E-state index contributed by atoms with van der Waals surface area (Å²) in [5.74, 6) is -0.724. The van der Waals surface area contributed by atoms with Gasteiger partial charge in [-0.25, -0.2) is 9.96 Å². The SMILES string of the molecule is Cc1ccccc1N1O[C@@H]2C(=O)N(c3ccccc3)C(=O)[C@H]2[C@H]1c1ccco1. The second-order valence-corrected chi connectivity index (χ2v) is 6.97. The molecule has 0 bridgehead atoms. The molecular weight excluding hydrogens is 356 g/mol. The highest BCUT2D eigenvalue weighted by Gasteiger charge is 2.61. The summed E-state index contributed by atoms with van der Waals surface area (Å²) >= 11 is 0. The van der Waals surface area contributed by atoms with Crippen LogP contribution in [0, 0.1) is 12.8 Å². The van der Waals surface area contributed by atoms with Crippen molar-refractivity contribution in [1.29, 1.82) is 0 Å². The quantitative estimate of drug-likeness (QED) is 0.655. The maximum absolute atomic E-state index is 13.3. The Morgan fingerprint density at radius 3 is 2.32 bits per heavy atom. The Morgan fingerprint density at radius 1 is 0.857 bits per heavy atom. The third kappa shape index (κ3) is 2.38. The van der Waals surface area contributed by atoms with Gasteiger partial charge in [-0.05, 0) is 42.8 Å². The van der Waals surface area contributed by atoms with Crippen LogP contribution in [0.5, 0.6) is 0 Å².